The van der Waals surface area contributed by atoms with Gasteiger partial charge in [-0.05, 0) is 25.9 Å². The summed E-state index contributed by atoms with van der Waals surface area (Å²) in [7, 11) is 0. The minimum Gasteiger partial charge on any atom is -1.00 e. The normalized spacial score (nSPS) is 3.86. The summed E-state index contributed by atoms with van der Waals surface area (Å²) < 4.78 is 0. The van der Waals surface area contributed by atoms with E-state index in [4.69, 9.17) is 11.5 Å². The van der Waals surface area contributed by atoms with Crippen LogP contribution in [-0.4, -0.2) is 13.1 Å². The largest absolute Gasteiger partial charge is 1.00 e. The number of rotatable bonds is 3. The molecule has 106 valence electrons. The first kappa shape index (κ1) is 75.5. The molecule has 0 aromatic carbocycles. The van der Waals surface area contributed by atoms with Crippen molar-refractivity contribution in [2.24, 2.45) is 11.5 Å². The molecule has 0 fully saturated rings. The van der Waals surface area contributed by atoms with Gasteiger partial charge in [-0.2, -0.15) is 0 Å². The van der Waals surface area contributed by atoms with Gasteiger partial charge < -0.3 is 60.9 Å². The summed E-state index contributed by atoms with van der Waals surface area (Å²) in [4.78, 5) is 0. The van der Waals surface area contributed by atoms with Gasteiger partial charge in [0, 0.05) is 42.1 Å². The first-order chi connectivity index (χ1) is 2.91. The average Bonchev–Trinajstić information content (AvgIpc) is 1.61. The van der Waals surface area contributed by atoms with Gasteiger partial charge in [0.05, 0.1) is 0 Å². The van der Waals surface area contributed by atoms with Crippen LogP contribution in [0.2, 0.25) is 0 Å². The molecule has 14 heavy (non-hydrogen) atoms. The molecule has 0 heterocycles. The Balaban J connectivity index is -0.00000000446. The fourth-order valence-electron chi connectivity index (χ4n) is 0.289. The fraction of sp³-hybridized carbons (Fsp3) is 1.00. The molecule has 0 bridgehead atoms. The van der Waals surface area contributed by atoms with E-state index in [1.165, 1.54) is 0 Å². The molecule has 0 saturated carbocycles. The van der Waals surface area contributed by atoms with Gasteiger partial charge in [-0.1, -0.05) is 0 Å². The maximum atomic E-state index is 5.16. The number of hydrogen-bond acceptors (Lipinski definition) is 6. The molecule has 0 amide bonds. The van der Waals surface area contributed by atoms with Crippen LogP contribution in [0.25, 0.3) is 0 Å². The van der Waals surface area contributed by atoms with Crippen LogP contribution < -0.4 is 60.9 Å². The quantitative estimate of drug-likeness (QED) is 0.171. The molecule has 0 spiro atoms. The Bertz CT molecular complexity index is 37.8. The predicted molar refractivity (Wildman–Crippen MR) is 47.4 cm³/mol. The maximum Gasteiger partial charge on any atom is 0 e. The summed E-state index contributed by atoms with van der Waals surface area (Å²) in [6.45, 7) is 1.55. The molecule has 0 unspecified atom stereocenters. The van der Waals surface area contributed by atoms with Crippen LogP contribution >= 0.6 is 0 Å². The second-order valence-corrected chi connectivity index (χ2v) is 1.28. The van der Waals surface area contributed by atoms with Crippen LogP contribution in [0.1, 0.15) is 12.8 Å². The second kappa shape index (κ2) is 84.7. The van der Waals surface area contributed by atoms with Gasteiger partial charge >= 0.3 is 0 Å². The van der Waals surface area contributed by atoms with E-state index < -0.39 is 0 Å². The Morgan fingerprint density at radius 2 is 0.714 bits per heavy atom. The van der Waals surface area contributed by atoms with Crippen LogP contribution in [0, 0.1) is 0 Å². The van der Waals surface area contributed by atoms with Crippen molar-refractivity contribution in [1.29, 1.82) is 0 Å². The Morgan fingerprint density at radius 1 is 0.571 bits per heavy atom. The topological polar surface area (TPSA) is 192 Å². The predicted octanol–water partition coefficient (Wildman–Crippen LogP) is -5.66. The second-order valence-electron chi connectivity index (χ2n) is 1.28. The summed E-state index contributed by atoms with van der Waals surface area (Å²) >= 11 is 0. The molecule has 0 radical (unpaired) electrons. The molecular weight excluding hydrogens is 593 g/mol. The van der Waals surface area contributed by atoms with Crippen LogP contribution in [0.3, 0.4) is 0 Å². The maximum absolute atomic E-state index is 5.16. The zero-order valence-electron chi connectivity index (χ0n) is 8.20. The monoisotopic (exact) mass is 616 g/mol. The van der Waals surface area contributed by atoms with Crippen LogP contribution in [-0.2, 0) is 42.1 Å². The van der Waals surface area contributed by atoms with E-state index in [2.05, 4.69) is 0 Å². The fourth-order valence-corrected chi connectivity index (χ4v) is 0.289. The van der Waals surface area contributed by atoms with Crippen LogP contribution in [0.4, 0.5) is 0 Å². The van der Waals surface area contributed by atoms with E-state index in [1.54, 1.807) is 0 Å². The van der Waals surface area contributed by atoms with Gasteiger partial charge in [0.2, 0.25) is 0 Å². The minimum atomic E-state index is 0. The van der Waals surface area contributed by atoms with E-state index in [1.807, 2.05) is 0 Å². The Kier molecular flexibility index (Phi) is 457. The van der Waals surface area contributed by atoms with Crippen molar-refractivity contribution in [1.82, 2.24) is 24.6 Å². The first-order valence-corrected chi connectivity index (χ1v) is 2.32. The molecule has 0 rings (SSSR count). The first-order valence-electron chi connectivity index (χ1n) is 2.32. The molecular formula is C4H24Cl2N6Pt2-2. The van der Waals surface area contributed by atoms with Crippen molar-refractivity contribution < 1.29 is 66.9 Å². The summed E-state index contributed by atoms with van der Waals surface area (Å²) in [6.07, 6.45) is 2.13. The molecule has 0 aliphatic carbocycles. The van der Waals surface area contributed by atoms with E-state index in [0.29, 0.717) is 0 Å². The van der Waals surface area contributed by atoms with Crippen LogP contribution in [0.15, 0.2) is 0 Å². The zero-order valence-corrected chi connectivity index (χ0v) is 14.3. The standard InChI is InChI=1S/C4H12N2.2ClH.4H3N.2Pt/c5-3-1-2-4-6;;;;;;;;/h1-6H2;2*1H;4*1H3;;/p-2. The summed E-state index contributed by atoms with van der Waals surface area (Å²) in [5.74, 6) is 0. The molecule has 6 nitrogen and oxygen atoms in total. The van der Waals surface area contributed by atoms with Crippen molar-refractivity contribution in [2.45, 2.75) is 12.8 Å². The van der Waals surface area contributed by atoms with E-state index in [-0.39, 0.29) is 91.5 Å². The van der Waals surface area contributed by atoms with Crippen molar-refractivity contribution >= 4 is 0 Å². The molecule has 10 heteroatoms. The molecule has 0 aliphatic heterocycles. The average molecular weight is 617 g/mol. The van der Waals surface area contributed by atoms with Gasteiger partial charge in [0.1, 0.15) is 0 Å². The Morgan fingerprint density at radius 3 is 0.786 bits per heavy atom. The number of halogens is 2. The van der Waals surface area contributed by atoms with E-state index in [0.717, 1.165) is 25.9 Å². The molecule has 16 N–H and O–H groups in total. The molecule has 0 saturated heterocycles. The number of unbranched alkanes of at least 4 members (excludes halogenated alkanes) is 1. The SMILES string of the molecule is N.N.N.N.NCCCCN.[Cl-].[Cl-].[Pt].[Pt]. The van der Waals surface area contributed by atoms with Gasteiger partial charge in [-0.3, -0.25) is 0 Å². The molecule has 0 aromatic rings. The van der Waals surface area contributed by atoms with Gasteiger partial charge in [-0.25, -0.2) is 0 Å². The zero-order chi connectivity index (χ0) is 4.83. The number of hydrogen-bond donors (Lipinski definition) is 6. The number of nitrogens with two attached hydrogens (primary N) is 2. The van der Waals surface area contributed by atoms with Crippen molar-refractivity contribution in [3.8, 4) is 0 Å². The Labute approximate surface area is 128 Å². The van der Waals surface area contributed by atoms with E-state index in [9.17, 15) is 0 Å². The third kappa shape index (κ3) is 99.7. The third-order valence-electron chi connectivity index (χ3n) is 0.658. The van der Waals surface area contributed by atoms with Crippen molar-refractivity contribution in [3.05, 3.63) is 0 Å². The minimum absolute atomic E-state index is 0. The smallest absolute Gasteiger partial charge is 0 e. The summed E-state index contributed by atoms with van der Waals surface area (Å²) in [5.41, 5.74) is 10.3. The van der Waals surface area contributed by atoms with Crippen LogP contribution in [0.5, 0.6) is 0 Å². The third-order valence-corrected chi connectivity index (χ3v) is 0.658. The van der Waals surface area contributed by atoms with E-state index >= 15 is 0 Å². The van der Waals surface area contributed by atoms with Gasteiger partial charge in [0.25, 0.3) is 0 Å². The van der Waals surface area contributed by atoms with Crippen molar-refractivity contribution in [2.75, 3.05) is 13.1 Å². The summed E-state index contributed by atoms with van der Waals surface area (Å²) in [5, 5.41) is 0. The molecule has 0 aromatic heterocycles. The molecule has 0 atom stereocenters. The summed E-state index contributed by atoms with van der Waals surface area (Å²) in [6, 6.07) is 0. The Hall–Kier alpha value is 1.72. The van der Waals surface area contributed by atoms with Gasteiger partial charge in [-0.15, -0.1) is 0 Å². The van der Waals surface area contributed by atoms with Gasteiger partial charge in [0.15, 0.2) is 0 Å². The van der Waals surface area contributed by atoms with Crippen molar-refractivity contribution in [3.63, 3.8) is 0 Å². The molecule has 0 aliphatic rings.